The minimum Gasteiger partial charge on any atom is -0.462 e. The predicted octanol–water partition coefficient (Wildman–Crippen LogP) is 4.31. The maximum Gasteiger partial charge on any atom is 0.248 e. The number of hydrogen-bond acceptors (Lipinski definition) is 2. The second-order valence-corrected chi connectivity index (χ2v) is 5.15. The highest BCUT2D eigenvalue weighted by molar-refractivity contribution is 9.10. The van der Waals surface area contributed by atoms with Gasteiger partial charge in [-0.3, -0.25) is 4.79 Å². The molecule has 2 rings (SSSR count). The summed E-state index contributed by atoms with van der Waals surface area (Å²) in [6, 6.07) is 9.39. The van der Waals surface area contributed by atoms with Gasteiger partial charge in [-0.15, -0.1) is 0 Å². The van der Waals surface area contributed by atoms with Crippen LogP contribution < -0.4 is 5.32 Å². The Labute approximate surface area is 120 Å². The molecule has 1 amide bonds. The molecule has 1 heterocycles. The average molecular weight is 320 g/mol. The van der Waals surface area contributed by atoms with Crippen LogP contribution in [-0.2, 0) is 4.79 Å². The third kappa shape index (κ3) is 3.83. The van der Waals surface area contributed by atoms with Crippen molar-refractivity contribution in [1.29, 1.82) is 0 Å². The van der Waals surface area contributed by atoms with Crippen LogP contribution >= 0.6 is 15.9 Å². The fourth-order valence-corrected chi connectivity index (χ4v) is 2.12. The highest BCUT2D eigenvalue weighted by atomic mass is 79.9. The molecule has 0 fully saturated rings. The summed E-state index contributed by atoms with van der Waals surface area (Å²) in [5, 5.41) is 2.83. The van der Waals surface area contributed by atoms with Crippen LogP contribution in [0.4, 0.5) is 5.69 Å². The summed E-state index contributed by atoms with van der Waals surface area (Å²) < 4.78 is 6.34. The lowest BCUT2D eigenvalue weighted by atomic mass is 10.2. The molecule has 0 aliphatic carbocycles. The van der Waals surface area contributed by atoms with Crippen LogP contribution in [0.3, 0.4) is 0 Å². The molecule has 4 heteroatoms. The number of hydrogen-bond donors (Lipinski definition) is 1. The first-order valence-electron chi connectivity index (χ1n) is 5.86. The molecule has 0 spiro atoms. The number of rotatable bonds is 3. The van der Waals surface area contributed by atoms with Crippen LogP contribution in [0.25, 0.3) is 6.08 Å². The highest BCUT2D eigenvalue weighted by Gasteiger charge is 2.02. The smallest absolute Gasteiger partial charge is 0.248 e. The van der Waals surface area contributed by atoms with Crippen LogP contribution in [0.15, 0.2) is 45.3 Å². The monoisotopic (exact) mass is 319 g/mol. The third-order valence-electron chi connectivity index (χ3n) is 2.61. The van der Waals surface area contributed by atoms with E-state index in [0.29, 0.717) is 5.76 Å². The molecule has 0 bridgehead atoms. The van der Waals surface area contributed by atoms with Crippen molar-refractivity contribution in [3.05, 3.63) is 58.0 Å². The molecule has 98 valence electrons. The van der Waals surface area contributed by atoms with E-state index in [9.17, 15) is 4.79 Å². The van der Waals surface area contributed by atoms with Gasteiger partial charge in [0.05, 0.1) is 0 Å². The molecule has 19 heavy (non-hydrogen) atoms. The Hall–Kier alpha value is -1.81. The van der Waals surface area contributed by atoms with Crippen molar-refractivity contribution in [2.24, 2.45) is 0 Å². The summed E-state index contributed by atoms with van der Waals surface area (Å²) in [4.78, 5) is 11.8. The number of amides is 1. The first-order chi connectivity index (χ1) is 9.04. The molecule has 2 aromatic rings. The maximum atomic E-state index is 11.8. The number of anilines is 1. The number of nitrogens with one attached hydrogen (secondary N) is 1. The van der Waals surface area contributed by atoms with E-state index in [1.54, 1.807) is 6.08 Å². The van der Waals surface area contributed by atoms with Gasteiger partial charge in [-0.05, 0) is 55.8 Å². The largest absolute Gasteiger partial charge is 0.462 e. The van der Waals surface area contributed by atoms with E-state index in [2.05, 4.69) is 21.2 Å². The van der Waals surface area contributed by atoms with Gasteiger partial charge in [0.15, 0.2) is 0 Å². The van der Waals surface area contributed by atoms with E-state index < -0.39 is 0 Å². The summed E-state index contributed by atoms with van der Waals surface area (Å²) in [5.41, 5.74) is 1.80. The van der Waals surface area contributed by atoms with Gasteiger partial charge < -0.3 is 9.73 Å². The molecule has 0 radical (unpaired) electrons. The van der Waals surface area contributed by atoms with E-state index in [1.165, 1.54) is 6.08 Å². The molecule has 3 nitrogen and oxygen atoms in total. The SMILES string of the molecule is Cc1ccc(/C=C/C(=O)Nc2ccc(Br)cc2C)o1. The van der Waals surface area contributed by atoms with Gasteiger partial charge in [-0.25, -0.2) is 0 Å². The first-order valence-corrected chi connectivity index (χ1v) is 6.65. The van der Waals surface area contributed by atoms with Gasteiger partial charge in [0, 0.05) is 16.2 Å². The van der Waals surface area contributed by atoms with Crippen molar-refractivity contribution in [2.75, 3.05) is 5.32 Å². The minimum atomic E-state index is -0.181. The van der Waals surface area contributed by atoms with Crippen LogP contribution in [0, 0.1) is 13.8 Å². The van der Waals surface area contributed by atoms with Crippen molar-refractivity contribution in [1.82, 2.24) is 0 Å². The Kier molecular flexibility index (Phi) is 4.22. The van der Waals surface area contributed by atoms with Crippen LogP contribution in [0.5, 0.6) is 0 Å². The van der Waals surface area contributed by atoms with Crippen molar-refractivity contribution in [2.45, 2.75) is 13.8 Å². The lowest BCUT2D eigenvalue weighted by Gasteiger charge is -2.06. The molecule has 1 N–H and O–H groups in total. The molecular weight excluding hydrogens is 306 g/mol. The Bertz CT molecular complexity index is 629. The molecule has 0 saturated carbocycles. The van der Waals surface area contributed by atoms with Crippen molar-refractivity contribution in [3.63, 3.8) is 0 Å². The van der Waals surface area contributed by atoms with Crippen LogP contribution in [0.2, 0.25) is 0 Å². The second-order valence-electron chi connectivity index (χ2n) is 4.23. The topological polar surface area (TPSA) is 42.2 Å². The third-order valence-corrected chi connectivity index (χ3v) is 3.10. The minimum absolute atomic E-state index is 0.181. The lowest BCUT2D eigenvalue weighted by Crippen LogP contribution is -2.08. The Morgan fingerprint density at radius 2 is 2.05 bits per heavy atom. The molecule has 1 aromatic carbocycles. The van der Waals surface area contributed by atoms with E-state index in [-0.39, 0.29) is 5.91 Å². The Morgan fingerprint density at radius 3 is 2.68 bits per heavy atom. The quantitative estimate of drug-likeness (QED) is 0.856. The summed E-state index contributed by atoms with van der Waals surface area (Å²) in [7, 11) is 0. The van der Waals surface area contributed by atoms with E-state index >= 15 is 0 Å². The molecule has 0 saturated heterocycles. The first kappa shape index (κ1) is 13.6. The molecule has 0 aliphatic rings. The fourth-order valence-electron chi connectivity index (χ4n) is 1.64. The van der Waals surface area contributed by atoms with Crippen molar-refractivity contribution >= 4 is 33.6 Å². The predicted molar refractivity (Wildman–Crippen MR) is 80.0 cm³/mol. The van der Waals surface area contributed by atoms with Gasteiger partial charge >= 0.3 is 0 Å². The number of benzene rings is 1. The van der Waals surface area contributed by atoms with Crippen molar-refractivity contribution < 1.29 is 9.21 Å². The Morgan fingerprint density at radius 1 is 1.26 bits per heavy atom. The normalized spacial score (nSPS) is 10.9. The molecule has 0 aliphatic heterocycles. The average Bonchev–Trinajstić information content (AvgIpc) is 2.76. The number of carbonyl (C=O) groups excluding carboxylic acids is 1. The fraction of sp³-hybridized carbons (Fsp3) is 0.133. The van der Waals surface area contributed by atoms with Crippen LogP contribution in [-0.4, -0.2) is 5.91 Å². The number of halogens is 1. The van der Waals surface area contributed by atoms with Gasteiger partial charge in [-0.1, -0.05) is 15.9 Å². The van der Waals surface area contributed by atoms with Crippen molar-refractivity contribution in [3.8, 4) is 0 Å². The van der Waals surface area contributed by atoms with Gasteiger partial charge in [-0.2, -0.15) is 0 Å². The standard InChI is InChI=1S/C15H14BrNO2/c1-10-9-12(16)4-7-14(10)17-15(18)8-6-13-5-3-11(2)19-13/h3-9H,1-2H3,(H,17,18)/b8-6+. The number of aryl methyl sites for hydroxylation is 2. The van der Waals surface area contributed by atoms with Gasteiger partial charge in [0.25, 0.3) is 0 Å². The highest BCUT2D eigenvalue weighted by Crippen LogP contribution is 2.20. The molecular formula is C15H14BrNO2. The second kappa shape index (κ2) is 5.89. The number of furan rings is 1. The van der Waals surface area contributed by atoms with Gasteiger partial charge in [0.2, 0.25) is 5.91 Å². The summed E-state index contributed by atoms with van der Waals surface area (Å²) in [5.74, 6) is 1.31. The van der Waals surface area contributed by atoms with Gasteiger partial charge in [0.1, 0.15) is 11.5 Å². The zero-order valence-electron chi connectivity index (χ0n) is 10.7. The summed E-state index contributed by atoms with van der Waals surface area (Å²) in [6.45, 7) is 3.81. The van der Waals surface area contributed by atoms with E-state index in [0.717, 1.165) is 21.5 Å². The lowest BCUT2D eigenvalue weighted by molar-refractivity contribution is -0.111. The summed E-state index contributed by atoms with van der Waals surface area (Å²) in [6.07, 6.45) is 3.11. The molecule has 1 aromatic heterocycles. The van der Waals surface area contributed by atoms with E-state index in [1.807, 2.05) is 44.2 Å². The number of carbonyl (C=O) groups is 1. The van der Waals surface area contributed by atoms with E-state index in [4.69, 9.17) is 4.42 Å². The molecule has 0 atom stereocenters. The molecule has 0 unspecified atom stereocenters. The maximum absolute atomic E-state index is 11.8. The Balaban J connectivity index is 2.03. The van der Waals surface area contributed by atoms with Crippen LogP contribution in [0.1, 0.15) is 17.1 Å². The summed E-state index contributed by atoms with van der Waals surface area (Å²) >= 11 is 3.39. The zero-order chi connectivity index (χ0) is 13.8. The zero-order valence-corrected chi connectivity index (χ0v) is 12.3.